The lowest BCUT2D eigenvalue weighted by Crippen LogP contribution is -2.50. The molecule has 0 aliphatic heterocycles. The highest BCUT2D eigenvalue weighted by atomic mass is 32.2. The van der Waals surface area contributed by atoms with Crippen LogP contribution in [0.3, 0.4) is 0 Å². The normalized spacial score (nSPS) is 13.9. The fraction of sp³-hybridized carbons (Fsp3) is 0.444. The molecule has 0 aromatic heterocycles. The predicted molar refractivity (Wildman–Crippen MR) is 139 cm³/mol. The first kappa shape index (κ1) is 26.6. The number of carboxylic acid groups (broad SMARTS) is 1. The lowest BCUT2D eigenvalue weighted by atomic mass is 9.98. The summed E-state index contributed by atoms with van der Waals surface area (Å²) in [5.74, 6) is -0.743. The van der Waals surface area contributed by atoms with Crippen LogP contribution in [0.25, 0.3) is 11.1 Å². The number of aliphatic carboxylic acids is 1. The van der Waals surface area contributed by atoms with Crippen molar-refractivity contribution in [3.05, 3.63) is 59.7 Å². The molecule has 0 saturated carbocycles. The molecule has 0 spiro atoms. The second-order valence-electron chi connectivity index (χ2n) is 8.75. The van der Waals surface area contributed by atoms with Crippen LogP contribution in [0.4, 0.5) is 4.79 Å². The Morgan fingerprint density at radius 3 is 2.20 bits per heavy atom. The largest absolute Gasteiger partial charge is 0.481 e. The van der Waals surface area contributed by atoms with Gasteiger partial charge in [-0.15, -0.1) is 0 Å². The Labute approximate surface area is 211 Å². The monoisotopic (exact) mass is 498 g/mol. The number of hydrogen-bond acceptors (Lipinski definition) is 5. The molecule has 2 aromatic carbocycles. The first-order chi connectivity index (χ1) is 16.9. The van der Waals surface area contributed by atoms with E-state index in [0.29, 0.717) is 18.6 Å². The Morgan fingerprint density at radius 1 is 1.00 bits per heavy atom. The predicted octanol–water partition coefficient (Wildman–Crippen LogP) is 4.80. The zero-order valence-corrected chi connectivity index (χ0v) is 21.1. The summed E-state index contributed by atoms with van der Waals surface area (Å²) < 4.78 is 5.60. The summed E-state index contributed by atoms with van der Waals surface area (Å²) in [4.78, 5) is 36.9. The minimum Gasteiger partial charge on any atom is -0.481 e. The van der Waals surface area contributed by atoms with Crippen LogP contribution in [0, 0.1) is 0 Å². The first-order valence-electron chi connectivity index (χ1n) is 12.1. The van der Waals surface area contributed by atoms with Crippen molar-refractivity contribution >= 4 is 29.7 Å². The minimum absolute atomic E-state index is 0.0689. The summed E-state index contributed by atoms with van der Waals surface area (Å²) in [5, 5.41) is 14.7. The molecule has 0 heterocycles. The quantitative estimate of drug-likeness (QED) is 0.367. The highest BCUT2D eigenvalue weighted by molar-refractivity contribution is 7.98. The summed E-state index contributed by atoms with van der Waals surface area (Å²) in [7, 11) is 0. The van der Waals surface area contributed by atoms with Crippen molar-refractivity contribution in [3.63, 3.8) is 0 Å². The second-order valence-corrected chi connectivity index (χ2v) is 9.74. The molecule has 3 N–H and O–H groups in total. The van der Waals surface area contributed by atoms with E-state index in [1.54, 1.807) is 11.8 Å². The van der Waals surface area contributed by atoms with Crippen LogP contribution in [0.15, 0.2) is 48.5 Å². The van der Waals surface area contributed by atoms with Gasteiger partial charge in [-0.1, -0.05) is 68.3 Å². The summed E-state index contributed by atoms with van der Waals surface area (Å²) in [6.45, 7) is 2.18. The summed E-state index contributed by atoms with van der Waals surface area (Å²) in [6.07, 6.45) is 3.84. The van der Waals surface area contributed by atoms with Crippen LogP contribution in [0.1, 0.15) is 56.1 Å². The number of carbonyl (C=O) groups is 3. The van der Waals surface area contributed by atoms with Crippen molar-refractivity contribution in [3.8, 4) is 11.1 Å². The van der Waals surface area contributed by atoms with Gasteiger partial charge < -0.3 is 20.5 Å². The van der Waals surface area contributed by atoms with Gasteiger partial charge in [0.25, 0.3) is 0 Å². The fourth-order valence-electron chi connectivity index (χ4n) is 4.48. The zero-order chi connectivity index (χ0) is 25.2. The lowest BCUT2D eigenvalue weighted by Gasteiger charge is -2.23. The van der Waals surface area contributed by atoms with Crippen LogP contribution in [0.2, 0.25) is 0 Å². The molecule has 7 nitrogen and oxygen atoms in total. The molecule has 35 heavy (non-hydrogen) atoms. The molecule has 2 aromatic rings. The highest BCUT2D eigenvalue weighted by Gasteiger charge is 2.30. The Morgan fingerprint density at radius 2 is 1.63 bits per heavy atom. The van der Waals surface area contributed by atoms with Gasteiger partial charge in [0.2, 0.25) is 5.91 Å². The average molecular weight is 499 g/mol. The number of amides is 2. The summed E-state index contributed by atoms with van der Waals surface area (Å²) in [5.41, 5.74) is 4.52. The van der Waals surface area contributed by atoms with Crippen molar-refractivity contribution in [1.82, 2.24) is 10.6 Å². The Kier molecular flexibility index (Phi) is 10.0. The Bertz CT molecular complexity index is 983. The standard InChI is InChI=1S/C27H34N2O5S/c1-3-4-9-18(16-25(30)31)28-26(32)24(14-15-35-2)29-27(33)34-17-23-21-12-7-5-10-19(21)20-11-6-8-13-22(20)23/h5-8,10-13,18,23-24H,3-4,9,14-17H2,1-2H3,(H,28,32)(H,29,33)(H,30,31)/t18-,24+/m1/s1. The molecule has 1 aliphatic rings. The van der Waals surface area contributed by atoms with Crippen LogP contribution < -0.4 is 10.6 Å². The van der Waals surface area contributed by atoms with Gasteiger partial charge in [-0.05, 0) is 47.1 Å². The summed E-state index contributed by atoms with van der Waals surface area (Å²) >= 11 is 1.57. The molecule has 0 saturated heterocycles. The molecule has 0 unspecified atom stereocenters. The average Bonchev–Trinajstić information content (AvgIpc) is 3.17. The fourth-order valence-corrected chi connectivity index (χ4v) is 4.95. The molecule has 0 fully saturated rings. The van der Waals surface area contributed by atoms with E-state index in [-0.39, 0.29) is 24.9 Å². The Hall–Kier alpha value is -3.00. The number of carbonyl (C=O) groups excluding carboxylic acids is 2. The van der Waals surface area contributed by atoms with E-state index in [0.717, 1.165) is 35.1 Å². The second kappa shape index (κ2) is 13.2. The maximum Gasteiger partial charge on any atom is 0.407 e. The molecule has 1 aliphatic carbocycles. The Balaban J connectivity index is 1.63. The number of carboxylic acids is 1. The van der Waals surface area contributed by atoms with Gasteiger partial charge in [-0.25, -0.2) is 4.79 Å². The third-order valence-electron chi connectivity index (χ3n) is 6.24. The van der Waals surface area contributed by atoms with E-state index in [1.807, 2.05) is 37.4 Å². The molecule has 2 amide bonds. The number of hydrogen-bond donors (Lipinski definition) is 3. The minimum atomic E-state index is -0.962. The van der Waals surface area contributed by atoms with E-state index in [9.17, 15) is 19.5 Å². The van der Waals surface area contributed by atoms with E-state index in [1.165, 1.54) is 0 Å². The number of alkyl carbamates (subject to hydrolysis) is 1. The smallest absolute Gasteiger partial charge is 0.407 e. The van der Waals surface area contributed by atoms with E-state index >= 15 is 0 Å². The molecule has 8 heteroatoms. The van der Waals surface area contributed by atoms with Gasteiger partial charge in [0.1, 0.15) is 12.6 Å². The number of nitrogens with one attached hydrogen (secondary N) is 2. The maximum absolute atomic E-state index is 12.9. The number of fused-ring (bicyclic) bond motifs is 3. The molecule has 0 radical (unpaired) electrons. The number of unbranched alkanes of at least 4 members (excludes halogenated alkanes) is 1. The van der Waals surface area contributed by atoms with E-state index in [2.05, 4.69) is 34.9 Å². The van der Waals surface area contributed by atoms with Crippen molar-refractivity contribution in [2.45, 2.75) is 57.0 Å². The van der Waals surface area contributed by atoms with E-state index in [4.69, 9.17) is 4.74 Å². The van der Waals surface area contributed by atoms with Crippen LogP contribution in [-0.4, -0.2) is 53.8 Å². The molecule has 0 bridgehead atoms. The van der Waals surface area contributed by atoms with Gasteiger partial charge in [0.15, 0.2) is 0 Å². The SMILES string of the molecule is CCCC[C@H](CC(=O)O)NC(=O)[C@H](CCSC)NC(=O)OCC1c2ccccc2-c2ccccc21. The number of ether oxygens (including phenoxy) is 1. The van der Waals surface area contributed by atoms with Gasteiger partial charge in [0, 0.05) is 12.0 Å². The first-order valence-corrected chi connectivity index (χ1v) is 13.5. The lowest BCUT2D eigenvalue weighted by molar-refractivity contribution is -0.137. The van der Waals surface area contributed by atoms with Crippen molar-refractivity contribution in [2.75, 3.05) is 18.6 Å². The topological polar surface area (TPSA) is 105 Å². The van der Waals surface area contributed by atoms with Gasteiger partial charge in [-0.2, -0.15) is 11.8 Å². The van der Waals surface area contributed by atoms with Crippen molar-refractivity contribution < 1.29 is 24.2 Å². The van der Waals surface area contributed by atoms with Crippen LogP contribution >= 0.6 is 11.8 Å². The van der Waals surface area contributed by atoms with Gasteiger partial charge >= 0.3 is 12.1 Å². The van der Waals surface area contributed by atoms with Gasteiger partial charge in [0.05, 0.1) is 6.42 Å². The third kappa shape index (κ3) is 7.24. The maximum atomic E-state index is 12.9. The third-order valence-corrected chi connectivity index (χ3v) is 6.88. The number of thioether (sulfide) groups is 1. The van der Waals surface area contributed by atoms with E-state index < -0.39 is 24.1 Å². The van der Waals surface area contributed by atoms with Crippen molar-refractivity contribution in [1.29, 1.82) is 0 Å². The van der Waals surface area contributed by atoms with Crippen LogP contribution in [-0.2, 0) is 14.3 Å². The molecule has 188 valence electrons. The molecular weight excluding hydrogens is 464 g/mol. The molecule has 2 atom stereocenters. The van der Waals surface area contributed by atoms with Gasteiger partial charge in [-0.3, -0.25) is 9.59 Å². The molecular formula is C27H34N2O5S. The van der Waals surface area contributed by atoms with Crippen LogP contribution in [0.5, 0.6) is 0 Å². The number of benzene rings is 2. The summed E-state index contributed by atoms with van der Waals surface area (Å²) in [6, 6.07) is 14.9. The highest BCUT2D eigenvalue weighted by Crippen LogP contribution is 2.44. The molecule has 3 rings (SSSR count). The number of rotatable bonds is 13. The zero-order valence-electron chi connectivity index (χ0n) is 20.3. The van der Waals surface area contributed by atoms with Crippen molar-refractivity contribution in [2.24, 2.45) is 0 Å².